The zero-order valence-electron chi connectivity index (χ0n) is 10.6. The van der Waals surface area contributed by atoms with Gasteiger partial charge in [0.1, 0.15) is 5.76 Å². The van der Waals surface area contributed by atoms with Crippen LogP contribution in [0.3, 0.4) is 0 Å². The van der Waals surface area contributed by atoms with Crippen LogP contribution in [0, 0.1) is 5.41 Å². The minimum atomic E-state index is -1.04. The number of carbonyl (C=O) groups is 1. The molecule has 0 aliphatic rings. The Labute approximate surface area is 101 Å². The number of hydrogen-bond acceptors (Lipinski definition) is 4. The lowest BCUT2D eigenvalue weighted by molar-refractivity contribution is 0.0658. The topological polar surface area (TPSA) is 79.7 Å². The Bertz CT molecular complexity index is 385. The van der Waals surface area contributed by atoms with Gasteiger partial charge in [-0.1, -0.05) is 13.8 Å². The molecule has 1 rings (SSSR count). The molecule has 0 aromatic carbocycles. The summed E-state index contributed by atoms with van der Waals surface area (Å²) in [6.07, 6.45) is 0. The Morgan fingerprint density at radius 1 is 1.53 bits per heavy atom. The van der Waals surface area contributed by atoms with Crippen LogP contribution < -0.4 is 5.73 Å². The molecule has 5 nitrogen and oxygen atoms in total. The van der Waals surface area contributed by atoms with Crippen molar-refractivity contribution in [3.05, 3.63) is 23.7 Å². The second-order valence-electron chi connectivity index (χ2n) is 5.11. The fourth-order valence-corrected chi connectivity index (χ4v) is 1.70. The van der Waals surface area contributed by atoms with Gasteiger partial charge in [0.15, 0.2) is 0 Å². The van der Waals surface area contributed by atoms with Crippen LogP contribution in [-0.2, 0) is 6.54 Å². The highest BCUT2D eigenvalue weighted by atomic mass is 16.4. The molecule has 0 amide bonds. The molecule has 0 aliphatic carbocycles. The van der Waals surface area contributed by atoms with E-state index in [0.29, 0.717) is 18.8 Å². The summed E-state index contributed by atoms with van der Waals surface area (Å²) in [4.78, 5) is 12.7. The monoisotopic (exact) mass is 240 g/mol. The van der Waals surface area contributed by atoms with E-state index in [0.717, 1.165) is 6.54 Å². The first-order valence-electron chi connectivity index (χ1n) is 5.55. The molecule has 0 unspecified atom stereocenters. The highest BCUT2D eigenvalue weighted by Gasteiger charge is 2.19. The van der Waals surface area contributed by atoms with E-state index in [1.54, 1.807) is 6.07 Å². The molecule has 96 valence electrons. The van der Waals surface area contributed by atoms with Gasteiger partial charge in [-0.2, -0.15) is 0 Å². The number of nitrogens with zero attached hydrogens (tertiary/aromatic N) is 1. The molecule has 1 aromatic rings. The quantitative estimate of drug-likeness (QED) is 0.785. The van der Waals surface area contributed by atoms with Gasteiger partial charge in [0, 0.05) is 6.54 Å². The molecule has 0 spiro atoms. The number of hydrogen-bond donors (Lipinski definition) is 2. The van der Waals surface area contributed by atoms with Crippen molar-refractivity contribution < 1.29 is 14.3 Å². The minimum absolute atomic E-state index is 0.0218. The van der Waals surface area contributed by atoms with Crippen molar-refractivity contribution in [3.63, 3.8) is 0 Å². The van der Waals surface area contributed by atoms with Crippen LogP contribution in [0.15, 0.2) is 16.5 Å². The summed E-state index contributed by atoms with van der Waals surface area (Å²) in [5, 5.41) is 8.73. The predicted octanol–water partition coefficient (Wildman–Crippen LogP) is 1.39. The first-order chi connectivity index (χ1) is 7.84. The predicted molar refractivity (Wildman–Crippen MR) is 64.8 cm³/mol. The Balaban J connectivity index is 2.56. The highest BCUT2D eigenvalue weighted by molar-refractivity contribution is 5.84. The van der Waals surface area contributed by atoms with Crippen molar-refractivity contribution in [1.82, 2.24) is 4.90 Å². The summed E-state index contributed by atoms with van der Waals surface area (Å²) in [5.41, 5.74) is 5.70. The number of nitrogens with two attached hydrogens (primary N) is 1. The van der Waals surface area contributed by atoms with Crippen LogP contribution in [0.25, 0.3) is 0 Å². The van der Waals surface area contributed by atoms with Gasteiger partial charge in [0.2, 0.25) is 5.76 Å². The van der Waals surface area contributed by atoms with Crippen molar-refractivity contribution in [2.75, 3.05) is 20.1 Å². The number of carboxylic acids is 1. The standard InChI is InChI=1S/C12H20N2O3/c1-12(2,7-13)8-14(3)6-9-4-5-10(17-9)11(15)16/h4-5H,6-8,13H2,1-3H3,(H,15,16). The lowest BCUT2D eigenvalue weighted by atomic mass is 9.93. The Hall–Kier alpha value is -1.33. The first kappa shape index (κ1) is 13.7. The Morgan fingerprint density at radius 3 is 2.65 bits per heavy atom. The number of rotatable bonds is 6. The molecule has 17 heavy (non-hydrogen) atoms. The third-order valence-corrected chi connectivity index (χ3v) is 2.55. The van der Waals surface area contributed by atoms with Crippen LogP contribution in [0.4, 0.5) is 0 Å². The zero-order chi connectivity index (χ0) is 13.1. The molecule has 3 N–H and O–H groups in total. The van der Waals surface area contributed by atoms with Gasteiger partial charge < -0.3 is 15.3 Å². The van der Waals surface area contributed by atoms with Gasteiger partial charge in [-0.05, 0) is 31.1 Å². The van der Waals surface area contributed by atoms with Crippen molar-refractivity contribution in [2.24, 2.45) is 11.1 Å². The average molecular weight is 240 g/mol. The second kappa shape index (κ2) is 5.33. The molecular formula is C12H20N2O3. The van der Waals surface area contributed by atoms with E-state index in [2.05, 4.69) is 18.7 Å². The van der Waals surface area contributed by atoms with Gasteiger partial charge >= 0.3 is 5.97 Å². The minimum Gasteiger partial charge on any atom is -0.475 e. The van der Waals surface area contributed by atoms with Crippen molar-refractivity contribution in [1.29, 1.82) is 0 Å². The molecule has 0 saturated carbocycles. The zero-order valence-corrected chi connectivity index (χ0v) is 10.6. The number of carboxylic acid groups (broad SMARTS) is 1. The van der Waals surface area contributed by atoms with Crippen LogP contribution in [0.5, 0.6) is 0 Å². The summed E-state index contributed by atoms with van der Waals surface area (Å²) in [7, 11) is 1.96. The number of furan rings is 1. The molecular weight excluding hydrogens is 220 g/mol. The maximum Gasteiger partial charge on any atom is 0.371 e. The van der Waals surface area contributed by atoms with E-state index in [-0.39, 0.29) is 11.2 Å². The Kier molecular flexibility index (Phi) is 4.31. The maximum absolute atomic E-state index is 10.7. The third kappa shape index (κ3) is 4.20. The van der Waals surface area contributed by atoms with E-state index in [9.17, 15) is 4.79 Å². The molecule has 0 saturated heterocycles. The molecule has 0 atom stereocenters. The van der Waals surface area contributed by atoms with Crippen LogP contribution in [-0.4, -0.2) is 36.1 Å². The Morgan fingerprint density at radius 2 is 2.18 bits per heavy atom. The van der Waals surface area contributed by atoms with E-state index in [4.69, 9.17) is 15.3 Å². The van der Waals surface area contributed by atoms with Crippen molar-refractivity contribution in [3.8, 4) is 0 Å². The van der Waals surface area contributed by atoms with Crippen molar-refractivity contribution >= 4 is 5.97 Å². The normalized spacial score (nSPS) is 12.1. The van der Waals surface area contributed by atoms with E-state index >= 15 is 0 Å². The van der Waals surface area contributed by atoms with Crippen LogP contribution >= 0.6 is 0 Å². The molecule has 0 fully saturated rings. The van der Waals surface area contributed by atoms with E-state index in [1.807, 2.05) is 7.05 Å². The molecule has 5 heteroatoms. The third-order valence-electron chi connectivity index (χ3n) is 2.55. The highest BCUT2D eigenvalue weighted by Crippen LogP contribution is 2.16. The van der Waals surface area contributed by atoms with Gasteiger partial charge in [0.05, 0.1) is 6.54 Å². The summed E-state index contributed by atoms with van der Waals surface area (Å²) < 4.78 is 5.19. The van der Waals surface area contributed by atoms with Gasteiger partial charge in [-0.15, -0.1) is 0 Å². The lowest BCUT2D eigenvalue weighted by Crippen LogP contribution is -2.36. The summed E-state index contributed by atoms with van der Waals surface area (Å²) in [5.74, 6) is -0.412. The average Bonchev–Trinajstić information content (AvgIpc) is 2.65. The fraction of sp³-hybridized carbons (Fsp3) is 0.583. The van der Waals surface area contributed by atoms with Crippen LogP contribution in [0.1, 0.15) is 30.2 Å². The molecule has 0 bridgehead atoms. The fourth-order valence-electron chi connectivity index (χ4n) is 1.70. The first-order valence-corrected chi connectivity index (χ1v) is 5.55. The van der Waals surface area contributed by atoms with Crippen molar-refractivity contribution in [2.45, 2.75) is 20.4 Å². The summed E-state index contributed by atoms with van der Waals surface area (Å²) in [6, 6.07) is 3.16. The van der Waals surface area contributed by atoms with Gasteiger partial charge in [-0.3, -0.25) is 4.90 Å². The molecule has 0 radical (unpaired) electrons. The lowest BCUT2D eigenvalue weighted by Gasteiger charge is -2.28. The molecule has 1 aromatic heterocycles. The van der Waals surface area contributed by atoms with E-state index < -0.39 is 5.97 Å². The molecule has 1 heterocycles. The largest absolute Gasteiger partial charge is 0.475 e. The van der Waals surface area contributed by atoms with Crippen LogP contribution in [0.2, 0.25) is 0 Å². The van der Waals surface area contributed by atoms with Gasteiger partial charge in [0.25, 0.3) is 0 Å². The summed E-state index contributed by atoms with van der Waals surface area (Å²) >= 11 is 0. The SMILES string of the molecule is CN(Cc1ccc(C(=O)O)o1)CC(C)(C)CN. The summed E-state index contributed by atoms with van der Waals surface area (Å²) in [6.45, 7) is 6.20. The van der Waals surface area contributed by atoms with Gasteiger partial charge in [-0.25, -0.2) is 4.79 Å². The smallest absolute Gasteiger partial charge is 0.371 e. The number of aromatic carboxylic acids is 1. The molecule has 0 aliphatic heterocycles. The van der Waals surface area contributed by atoms with E-state index in [1.165, 1.54) is 6.07 Å². The maximum atomic E-state index is 10.7. The second-order valence-corrected chi connectivity index (χ2v) is 5.11.